The van der Waals surface area contributed by atoms with Crippen LogP contribution in [0.1, 0.15) is 24.1 Å². The number of ether oxygens (including phenoxy) is 3. The first-order chi connectivity index (χ1) is 17.5. The number of nitrogens with zero attached hydrogens (tertiary/aromatic N) is 6. The van der Waals surface area contributed by atoms with Crippen molar-refractivity contribution < 1.29 is 19.3 Å². The lowest BCUT2D eigenvalue weighted by atomic mass is 10.1. The number of nitrogens with one attached hydrogen (secondary N) is 1. The zero-order chi connectivity index (χ0) is 25.2. The molecule has 11 nitrogen and oxygen atoms in total. The summed E-state index contributed by atoms with van der Waals surface area (Å²) in [7, 11) is 6.87. The third kappa shape index (κ3) is 4.51. The van der Waals surface area contributed by atoms with E-state index in [1.54, 1.807) is 27.7 Å². The molecule has 36 heavy (non-hydrogen) atoms. The first kappa shape index (κ1) is 24.1. The van der Waals surface area contributed by atoms with Gasteiger partial charge in [0.25, 0.3) is 0 Å². The van der Waals surface area contributed by atoms with Gasteiger partial charge in [-0.2, -0.15) is 4.98 Å². The molecule has 0 spiro atoms. The van der Waals surface area contributed by atoms with Crippen LogP contribution >= 0.6 is 0 Å². The van der Waals surface area contributed by atoms with Crippen LogP contribution in [0, 0.1) is 0 Å². The first-order valence-electron chi connectivity index (χ1n) is 12.1. The smallest absolute Gasteiger partial charge is 0.230 e. The maximum Gasteiger partial charge on any atom is 0.230 e. The molecule has 2 aromatic heterocycles. The summed E-state index contributed by atoms with van der Waals surface area (Å²) in [5.74, 6) is 3.69. The molecule has 2 aliphatic rings. The summed E-state index contributed by atoms with van der Waals surface area (Å²) in [4.78, 5) is 18.8. The highest BCUT2D eigenvalue weighted by Crippen LogP contribution is 2.39. The summed E-state index contributed by atoms with van der Waals surface area (Å²) in [6.45, 7) is 2.75. The van der Waals surface area contributed by atoms with Crippen molar-refractivity contribution >= 4 is 17.6 Å². The Kier molecular flexibility index (Phi) is 6.84. The van der Waals surface area contributed by atoms with Gasteiger partial charge in [-0.15, -0.1) is 0 Å². The largest absolute Gasteiger partial charge is 0.493 e. The maximum absolute atomic E-state index is 9.93. The molecule has 0 aliphatic carbocycles. The predicted molar refractivity (Wildman–Crippen MR) is 136 cm³/mol. The van der Waals surface area contributed by atoms with Gasteiger partial charge in [-0.1, -0.05) is 0 Å². The fourth-order valence-electron chi connectivity index (χ4n) is 4.99. The van der Waals surface area contributed by atoms with Crippen LogP contribution in [-0.2, 0) is 13.0 Å². The Morgan fingerprint density at radius 2 is 1.86 bits per heavy atom. The van der Waals surface area contributed by atoms with Crippen molar-refractivity contribution in [3.63, 3.8) is 0 Å². The average Bonchev–Trinajstić information content (AvgIpc) is 3.57. The van der Waals surface area contributed by atoms with E-state index in [2.05, 4.69) is 27.1 Å². The fraction of sp³-hybridized carbons (Fsp3) is 0.480. The van der Waals surface area contributed by atoms with Gasteiger partial charge in [-0.25, -0.2) is 9.97 Å². The number of rotatable bonds is 8. The topological polar surface area (TPSA) is 110 Å². The van der Waals surface area contributed by atoms with E-state index in [9.17, 15) is 5.11 Å². The van der Waals surface area contributed by atoms with E-state index < -0.39 is 0 Å². The summed E-state index contributed by atoms with van der Waals surface area (Å²) >= 11 is 0. The number of anilines is 3. The zero-order valence-electron chi connectivity index (χ0n) is 21.2. The molecule has 1 atom stereocenters. The quantitative estimate of drug-likeness (QED) is 0.483. The Bertz CT molecular complexity index is 1210. The number of likely N-dealkylation sites (N-methyl/N-ethyl adjacent to an activating group) is 1. The highest BCUT2D eigenvalue weighted by Gasteiger charge is 2.30. The second kappa shape index (κ2) is 10.2. The number of benzene rings is 1. The highest BCUT2D eigenvalue weighted by atomic mass is 16.5. The van der Waals surface area contributed by atoms with Crippen molar-refractivity contribution in [3.05, 3.63) is 35.9 Å². The minimum Gasteiger partial charge on any atom is -0.493 e. The third-order valence-electron chi connectivity index (χ3n) is 6.86. The van der Waals surface area contributed by atoms with Crippen molar-refractivity contribution in [1.82, 2.24) is 24.4 Å². The molecule has 5 rings (SSSR count). The maximum atomic E-state index is 9.93. The predicted octanol–water partition coefficient (Wildman–Crippen LogP) is 2.38. The van der Waals surface area contributed by atoms with Crippen molar-refractivity contribution in [1.29, 1.82) is 0 Å². The number of methoxy groups -OCH3 is 3. The Labute approximate surface area is 210 Å². The van der Waals surface area contributed by atoms with Gasteiger partial charge in [0.2, 0.25) is 11.7 Å². The fourth-order valence-corrected chi connectivity index (χ4v) is 4.99. The van der Waals surface area contributed by atoms with Crippen molar-refractivity contribution in [2.45, 2.75) is 31.8 Å². The molecule has 2 N–H and O–H groups in total. The molecule has 1 saturated heterocycles. The van der Waals surface area contributed by atoms with Gasteiger partial charge >= 0.3 is 0 Å². The van der Waals surface area contributed by atoms with Crippen LogP contribution in [0.15, 0.2) is 24.7 Å². The number of imidazole rings is 1. The molecular weight excluding hydrogens is 462 g/mol. The van der Waals surface area contributed by atoms with E-state index in [4.69, 9.17) is 24.2 Å². The standard InChI is InChI=1S/C25H33N7O4/c1-30-9-7-19-18(12-30)24(32-8-5-6-16(32)14-33)29-25(27-19)28-22-13-31(15-26-22)17-10-20(34-2)23(36-4)21(11-17)35-3/h10-11,13,15-16,33H,5-9,12,14H2,1-4H3,(H,27,28,29)/t16-/m0/s1. The molecule has 3 aromatic rings. The Hall–Kier alpha value is -3.57. The molecule has 1 fully saturated rings. The molecular formula is C25H33N7O4. The normalized spacial score (nSPS) is 17.7. The summed E-state index contributed by atoms with van der Waals surface area (Å²) in [5, 5.41) is 13.2. The van der Waals surface area contributed by atoms with E-state index in [1.165, 1.54) is 0 Å². The molecule has 0 amide bonds. The Balaban J connectivity index is 1.46. The van der Waals surface area contributed by atoms with E-state index in [-0.39, 0.29) is 12.6 Å². The summed E-state index contributed by atoms with van der Waals surface area (Å²) in [6.07, 6.45) is 6.44. The van der Waals surface area contributed by atoms with Gasteiger partial charge in [-0.05, 0) is 19.9 Å². The molecule has 192 valence electrons. The van der Waals surface area contributed by atoms with E-state index in [0.717, 1.165) is 61.7 Å². The number of fused-ring (bicyclic) bond motifs is 1. The average molecular weight is 496 g/mol. The van der Waals surface area contributed by atoms with Crippen LogP contribution in [0.4, 0.5) is 17.6 Å². The van der Waals surface area contributed by atoms with Gasteiger partial charge < -0.3 is 39.0 Å². The Morgan fingerprint density at radius 1 is 1.08 bits per heavy atom. The lowest BCUT2D eigenvalue weighted by Gasteiger charge is -2.31. The van der Waals surface area contributed by atoms with Gasteiger partial charge in [0, 0.05) is 43.8 Å². The SMILES string of the molecule is COc1cc(-n2cnc(Nc3nc4c(c(N5CCC[C@H]5CO)n3)CN(C)CC4)c2)cc(OC)c1OC. The molecule has 0 saturated carbocycles. The van der Waals surface area contributed by atoms with E-state index in [1.807, 2.05) is 22.9 Å². The zero-order valence-corrected chi connectivity index (χ0v) is 21.2. The molecule has 1 aromatic carbocycles. The van der Waals surface area contributed by atoms with Crippen LogP contribution < -0.4 is 24.4 Å². The van der Waals surface area contributed by atoms with Crippen LogP contribution in [0.5, 0.6) is 17.2 Å². The van der Waals surface area contributed by atoms with Crippen LogP contribution in [0.3, 0.4) is 0 Å². The van der Waals surface area contributed by atoms with Gasteiger partial charge in [0.15, 0.2) is 17.3 Å². The molecule has 0 unspecified atom stereocenters. The third-order valence-corrected chi connectivity index (χ3v) is 6.86. The van der Waals surface area contributed by atoms with Crippen LogP contribution in [0.2, 0.25) is 0 Å². The molecule has 2 aliphatic heterocycles. The summed E-state index contributed by atoms with van der Waals surface area (Å²) in [5.41, 5.74) is 3.01. The van der Waals surface area contributed by atoms with Gasteiger partial charge in [-0.3, -0.25) is 0 Å². The van der Waals surface area contributed by atoms with Crippen LogP contribution in [-0.4, -0.2) is 83.6 Å². The summed E-state index contributed by atoms with van der Waals surface area (Å²) in [6, 6.07) is 3.81. The number of aliphatic hydroxyl groups excluding tert-OH is 1. The second-order valence-electron chi connectivity index (χ2n) is 9.13. The highest BCUT2D eigenvalue weighted by molar-refractivity contribution is 5.60. The summed E-state index contributed by atoms with van der Waals surface area (Å²) < 4.78 is 18.3. The lowest BCUT2D eigenvalue weighted by Crippen LogP contribution is -2.36. The lowest BCUT2D eigenvalue weighted by molar-refractivity contribution is 0.265. The molecule has 0 radical (unpaired) electrons. The van der Waals surface area contributed by atoms with Crippen molar-refractivity contribution in [3.8, 4) is 22.9 Å². The number of hydrogen-bond donors (Lipinski definition) is 2. The van der Waals surface area contributed by atoms with Crippen molar-refractivity contribution in [2.24, 2.45) is 0 Å². The van der Waals surface area contributed by atoms with Crippen LogP contribution in [0.25, 0.3) is 5.69 Å². The van der Waals surface area contributed by atoms with E-state index in [0.29, 0.717) is 29.0 Å². The number of aromatic nitrogens is 4. The molecule has 11 heteroatoms. The first-order valence-corrected chi connectivity index (χ1v) is 12.1. The Morgan fingerprint density at radius 3 is 2.56 bits per heavy atom. The molecule has 4 heterocycles. The monoisotopic (exact) mass is 495 g/mol. The molecule has 0 bridgehead atoms. The number of hydrogen-bond acceptors (Lipinski definition) is 10. The van der Waals surface area contributed by atoms with Gasteiger partial charge in [0.1, 0.15) is 12.1 Å². The minimum absolute atomic E-state index is 0.0864. The minimum atomic E-state index is 0.0864. The van der Waals surface area contributed by atoms with Gasteiger partial charge in [0.05, 0.1) is 51.6 Å². The van der Waals surface area contributed by atoms with E-state index >= 15 is 0 Å². The number of aliphatic hydroxyl groups is 1. The van der Waals surface area contributed by atoms with Crippen molar-refractivity contribution in [2.75, 3.05) is 58.3 Å². The second-order valence-corrected chi connectivity index (χ2v) is 9.13.